The summed E-state index contributed by atoms with van der Waals surface area (Å²) in [6.07, 6.45) is 0. The Morgan fingerprint density at radius 1 is 1.24 bits per heavy atom. The van der Waals surface area contributed by atoms with E-state index in [0.717, 1.165) is 17.0 Å². The van der Waals surface area contributed by atoms with Gasteiger partial charge in [0, 0.05) is 11.3 Å². The number of benzene rings is 1. The molecule has 17 heavy (non-hydrogen) atoms. The van der Waals surface area contributed by atoms with E-state index in [1.807, 2.05) is 31.2 Å². The second-order valence-corrected chi connectivity index (χ2v) is 4.63. The van der Waals surface area contributed by atoms with E-state index in [9.17, 15) is 0 Å². The standard InChI is InChI=1S/C12H10BrClN2O/c1-7-5-10(16-12(13)15-7)8-3-4-11(17-2)9(14)6-8/h3-6H,1-2H3. The third-order valence-electron chi connectivity index (χ3n) is 2.27. The molecule has 0 atom stereocenters. The molecule has 1 aromatic carbocycles. The highest BCUT2D eigenvalue weighted by Gasteiger charge is 2.06. The number of hydrogen-bond acceptors (Lipinski definition) is 3. The summed E-state index contributed by atoms with van der Waals surface area (Å²) < 4.78 is 5.68. The van der Waals surface area contributed by atoms with E-state index >= 15 is 0 Å². The molecule has 1 heterocycles. The van der Waals surface area contributed by atoms with Gasteiger partial charge in [-0.05, 0) is 47.1 Å². The van der Waals surface area contributed by atoms with Crippen molar-refractivity contribution in [1.29, 1.82) is 0 Å². The Bertz CT molecular complexity index is 540. The number of nitrogens with zero attached hydrogens (tertiary/aromatic N) is 2. The molecular formula is C12H10BrClN2O. The van der Waals surface area contributed by atoms with Crippen molar-refractivity contribution in [3.8, 4) is 17.0 Å². The number of methoxy groups -OCH3 is 1. The Morgan fingerprint density at radius 2 is 2.00 bits per heavy atom. The van der Waals surface area contributed by atoms with Crippen LogP contribution in [-0.4, -0.2) is 17.1 Å². The zero-order chi connectivity index (χ0) is 12.4. The van der Waals surface area contributed by atoms with Crippen molar-refractivity contribution in [2.24, 2.45) is 0 Å². The summed E-state index contributed by atoms with van der Waals surface area (Å²) in [5.74, 6) is 0.653. The number of ether oxygens (including phenoxy) is 1. The first-order valence-corrected chi connectivity index (χ1v) is 6.12. The lowest BCUT2D eigenvalue weighted by molar-refractivity contribution is 0.415. The van der Waals surface area contributed by atoms with Crippen LogP contribution in [0.2, 0.25) is 5.02 Å². The van der Waals surface area contributed by atoms with Gasteiger partial charge in [0.15, 0.2) is 4.73 Å². The van der Waals surface area contributed by atoms with Crippen molar-refractivity contribution in [3.05, 3.63) is 39.7 Å². The lowest BCUT2D eigenvalue weighted by Gasteiger charge is -2.06. The van der Waals surface area contributed by atoms with Gasteiger partial charge in [0.25, 0.3) is 0 Å². The van der Waals surface area contributed by atoms with E-state index in [4.69, 9.17) is 16.3 Å². The van der Waals surface area contributed by atoms with Crippen LogP contribution in [0.4, 0.5) is 0 Å². The van der Waals surface area contributed by atoms with E-state index < -0.39 is 0 Å². The van der Waals surface area contributed by atoms with Crippen LogP contribution in [0.25, 0.3) is 11.3 Å². The van der Waals surface area contributed by atoms with E-state index in [-0.39, 0.29) is 0 Å². The summed E-state index contributed by atoms with van der Waals surface area (Å²) >= 11 is 9.36. The quantitative estimate of drug-likeness (QED) is 0.789. The summed E-state index contributed by atoms with van der Waals surface area (Å²) in [4.78, 5) is 8.47. The Hall–Kier alpha value is -1.13. The molecule has 2 aromatic rings. The average Bonchev–Trinajstić information content (AvgIpc) is 2.27. The molecule has 3 nitrogen and oxygen atoms in total. The van der Waals surface area contributed by atoms with Crippen molar-refractivity contribution < 1.29 is 4.74 Å². The molecule has 0 saturated carbocycles. The third kappa shape index (κ3) is 2.76. The molecule has 0 aliphatic carbocycles. The first-order chi connectivity index (χ1) is 8.10. The predicted molar refractivity (Wildman–Crippen MR) is 71.5 cm³/mol. The molecule has 1 aromatic heterocycles. The highest BCUT2D eigenvalue weighted by Crippen LogP contribution is 2.29. The van der Waals surface area contributed by atoms with Crippen LogP contribution in [0.5, 0.6) is 5.75 Å². The summed E-state index contributed by atoms with van der Waals surface area (Å²) in [7, 11) is 1.59. The molecule has 0 unspecified atom stereocenters. The minimum atomic E-state index is 0.567. The Labute approximate surface area is 113 Å². The fourth-order valence-corrected chi connectivity index (χ4v) is 2.23. The monoisotopic (exact) mass is 312 g/mol. The number of aryl methyl sites for hydroxylation is 1. The molecule has 0 fully saturated rings. The number of aromatic nitrogens is 2. The summed E-state index contributed by atoms with van der Waals surface area (Å²) in [5, 5.41) is 0.567. The van der Waals surface area contributed by atoms with Gasteiger partial charge in [-0.15, -0.1) is 0 Å². The van der Waals surface area contributed by atoms with E-state index in [0.29, 0.717) is 15.5 Å². The Kier molecular flexibility index (Phi) is 3.64. The van der Waals surface area contributed by atoms with Crippen molar-refractivity contribution in [2.45, 2.75) is 6.92 Å². The highest BCUT2D eigenvalue weighted by atomic mass is 79.9. The number of hydrogen-bond donors (Lipinski definition) is 0. The molecule has 0 amide bonds. The second-order valence-electron chi connectivity index (χ2n) is 3.51. The predicted octanol–water partition coefficient (Wildman–Crippen LogP) is 3.88. The first kappa shape index (κ1) is 12.3. The van der Waals surface area contributed by atoms with E-state index in [2.05, 4.69) is 25.9 Å². The van der Waals surface area contributed by atoms with Gasteiger partial charge in [0.2, 0.25) is 0 Å². The van der Waals surface area contributed by atoms with Gasteiger partial charge in [0.05, 0.1) is 17.8 Å². The zero-order valence-electron chi connectivity index (χ0n) is 9.37. The number of halogens is 2. The van der Waals surface area contributed by atoms with Gasteiger partial charge < -0.3 is 4.74 Å². The van der Waals surface area contributed by atoms with E-state index in [1.165, 1.54) is 0 Å². The van der Waals surface area contributed by atoms with Gasteiger partial charge in [-0.1, -0.05) is 11.6 Å². The first-order valence-electron chi connectivity index (χ1n) is 4.95. The highest BCUT2D eigenvalue weighted by molar-refractivity contribution is 9.10. The molecule has 0 saturated heterocycles. The SMILES string of the molecule is COc1ccc(-c2cc(C)nc(Br)n2)cc1Cl. The van der Waals surface area contributed by atoms with Crippen molar-refractivity contribution in [2.75, 3.05) is 7.11 Å². The molecule has 0 spiro atoms. The van der Waals surface area contributed by atoms with Crippen LogP contribution in [-0.2, 0) is 0 Å². The van der Waals surface area contributed by atoms with Crippen LogP contribution in [0, 0.1) is 6.92 Å². The minimum Gasteiger partial charge on any atom is -0.495 e. The smallest absolute Gasteiger partial charge is 0.197 e. The maximum atomic E-state index is 6.08. The molecule has 0 aliphatic heterocycles. The second kappa shape index (κ2) is 5.02. The Balaban J connectivity index is 2.49. The molecule has 0 bridgehead atoms. The largest absolute Gasteiger partial charge is 0.495 e. The van der Waals surface area contributed by atoms with E-state index in [1.54, 1.807) is 7.11 Å². The maximum Gasteiger partial charge on any atom is 0.197 e. The normalized spacial score (nSPS) is 10.4. The number of rotatable bonds is 2. The topological polar surface area (TPSA) is 35.0 Å². The summed E-state index contributed by atoms with van der Waals surface area (Å²) in [5.41, 5.74) is 2.66. The van der Waals surface area contributed by atoms with Crippen molar-refractivity contribution in [3.63, 3.8) is 0 Å². The van der Waals surface area contributed by atoms with Gasteiger partial charge in [-0.25, -0.2) is 9.97 Å². The lowest BCUT2D eigenvalue weighted by atomic mass is 10.1. The van der Waals surface area contributed by atoms with Crippen molar-refractivity contribution >= 4 is 27.5 Å². The van der Waals surface area contributed by atoms with Gasteiger partial charge in [-0.3, -0.25) is 0 Å². The van der Waals surface area contributed by atoms with Crippen LogP contribution < -0.4 is 4.74 Å². The molecule has 0 radical (unpaired) electrons. The Morgan fingerprint density at radius 3 is 2.59 bits per heavy atom. The third-order valence-corrected chi connectivity index (χ3v) is 2.92. The summed E-state index contributed by atoms with van der Waals surface area (Å²) in [6, 6.07) is 7.47. The van der Waals surface area contributed by atoms with Gasteiger partial charge in [0.1, 0.15) is 5.75 Å². The molecule has 0 aliphatic rings. The van der Waals surface area contributed by atoms with Crippen molar-refractivity contribution in [1.82, 2.24) is 9.97 Å². The van der Waals surface area contributed by atoms with Gasteiger partial charge >= 0.3 is 0 Å². The van der Waals surface area contributed by atoms with Crippen LogP contribution in [0.1, 0.15) is 5.69 Å². The zero-order valence-corrected chi connectivity index (χ0v) is 11.7. The van der Waals surface area contributed by atoms with Crippen LogP contribution in [0.3, 0.4) is 0 Å². The molecule has 5 heteroatoms. The minimum absolute atomic E-state index is 0.567. The molecular weight excluding hydrogens is 304 g/mol. The summed E-state index contributed by atoms with van der Waals surface area (Å²) in [6.45, 7) is 1.92. The van der Waals surface area contributed by atoms with Crippen LogP contribution >= 0.6 is 27.5 Å². The average molecular weight is 314 g/mol. The fraction of sp³-hybridized carbons (Fsp3) is 0.167. The maximum absolute atomic E-state index is 6.08. The molecule has 2 rings (SSSR count). The molecule has 88 valence electrons. The lowest BCUT2D eigenvalue weighted by Crippen LogP contribution is -1.91. The van der Waals surface area contributed by atoms with Crippen LogP contribution in [0.15, 0.2) is 29.0 Å². The fourth-order valence-electron chi connectivity index (χ4n) is 1.51. The molecule has 0 N–H and O–H groups in total. The van der Waals surface area contributed by atoms with Gasteiger partial charge in [-0.2, -0.15) is 0 Å².